The summed E-state index contributed by atoms with van der Waals surface area (Å²) in [5.41, 5.74) is 5.63. The quantitative estimate of drug-likeness (QED) is 0.641. The van der Waals surface area contributed by atoms with E-state index >= 15 is 0 Å². The lowest BCUT2D eigenvalue weighted by atomic mass is 10.2. The van der Waals surface area contributed by atoms with E-state index in [0.717, 1.165) is 6.42 Å². The molecule has 3 N–H and O–H groups in total. The highest BCUT2D eigenvalue weighted by atomic mass is 35.5. The molecule has 0 fully saturated rings. The van der Waals surface area contributed by atoms with Gasteiger partial charge in [0.1, 0.15) is 11.0 Å². The second kappa shape index (κ2) is 5.98. The van der Waals surface area contributed by atoms with Gasteiger partial charge in [-0.25, -0.2) is 9.97 Å². The van der Waals surface area contributed by atoms with Crippen molar-refractivity contribution in [1.29, 1.82) is 0 Å². The maximum Gasteiger partial charge on any atom is 0.242 e. The van der Waals surface area contributed by atoms with Gasteiger partial charge in [0.15, 0.2) is 0 Å². The van der Waals surface area contributed by atoms with Gasteiger partial charge in [-0.1, -0.05) is 24.9 Å². The van der Waals surface area contributed by atoms with Gasteiger partial charge in [0.25, 0.3) is 0 Å². The van der Waals surface area contributed by atoms with Gasteiger partial charge in [-0.15, -0.1) is 0 Å². The SMILES string of the molecule is CCC[C@H](N)C(=O)Nc1cc(Cl)nc(Cl)n1. The number of anilines is 1. The first kappa shape index (κ1) is 13.2. The number of halogens is 2. The van der Waals surface area contributed by atoms with Crippen LogP contribution in [-0.2, 0) is 4.79 Å². The molecule has 7 heteroatoms. The maximum atomic E-state index is 11.5. The molecule has 0 radical (unpaired) electrons. The van der Waals surface area contributed by atoms with E-state index in [-0.39, 0.29) is 22.2 Å². The molecule has 0 aliphatic rings. The first-order valence-corrected chi connectivity index (χ1v) is 5.55. The topological polar surface area (TPSA) is 80.9 Å². The van der Waals surface area contributed by atoms with Crippen molar-refractivity contribution < 1.29 is 4.79 Å². The number of nitrogens with two attached hydrogens (primary N) is 1. The fourth-order valence-electron chi connectivity index (χ4n) is 1.11. The summed E-state index contributed by atoms with van der Waals surface area (Å²) < 4.78 is 0. The van der Waals surface area contributed by atoms with Crippen LogP contribution in [0.3, 0.4) is 0 Å². The van der Waals surface area contributed by atoms with Crippen molar-refractivity contribution in [2.75, 3.05) is 5.32 Å². The number of hydrogen-bond donors (Lipinski definition) is 2. The number of nitrogens with zero attached hydrogens (tertiary/aromatic N) is 2. The van der Waals surface area contributed by atoms with Crippen molar-refractivity contribution in [2.45, 2.75) is 25.8 Å². The third-order valence-electron chi connectivity index (χ3n) is 1.86. The van der Waals surface area contributed by atoms with E-state index < -0.39 is 6.04 Å². The molecular formula is C9H12Cl2N4O. The minimum atomic E-state index is -0.558. The molecule has 0 bridgehead atoms. The molecule has 0 saturated carbocycles. The summed E-state index contributed by atoms with van der Waals surface area (Å²) in [5.74, 6) is -0.0609. The zero-order chi connectivity index (χ0) is 12.1. The molecule has 0 aliphatic heterocycles. The second-order valence-electron chi connectivity index (χ2n) is 3.23. The van der Waals surface area contributed by atoms with Crippen LogP contribution < -0.4 is 11.1 Å². The van der Waals surface area contributed by atoms with Crippen LogP contribution in [-0.4, -0.2) is 21.9 Å². The lowest BCUT2D eigenvalue weighted by molar-refractivity contribution is -0.117. The first-order valence-electron chi connectivity index (χ1n) is 4.79. The Morgan fingerprint density at radius 1 is 1.56 bits per heavy atom. The average Bonchev–Trinajstić information content (AvgIpc) is 2.16. The predicted molar refractivity (Wildman–Crippen MR) is 63.6 cm³/mol. The van der Waals surface area contributed by atoms with Crippen LogP contribution in [0.15, 0.2) is 6.07 Å². The van der Waals surface area contributed by atoms with Crippen LogP contribution in [0.1, 0.15) is 19.8 Å². The van der Waals surface area contributed by atoms with E-state index in [9.17, 15) is 4.79 Å². The van der Waals surface area contributed by atoms with Gasteiger partial charge in [-0.3, -0.25) is 4.79 Å². The van der Waals surface area contributed by atoms with Crippen molar-refractivity contribution in [3.63, 3.8) is 0 Å². The Morgan fingerprint density at radius 2 is 2.25 bits per heavy atom. The summed E-state index contributed by atoms with van der Waals surface area (Å²) in [5, 5.41) is 2.67. The van der Waals surface area contributed by atoms with Gasteiger partial charge in [-0.05, 0) is 18.0 Å². The molecule has 1 aromatic rings. The third-order valence-corrected chi connectivity index (χ3v) is 2.22. The lowest BCUT2D eigenvalue weighted by Crippen LogP contribution is -2.35. The molecule has 0 spiro atoms. The lowest BCUT2D eigenvalue weighted by Gasteiger charge is -2.10. The van der Waals surface area contributed by atoms with Crippen LogP contribution in [0.5, 0.6) is 0 Å². The third kappa shape index (κ3) is 3.92. The van der Waals surface area contributed by atoms with Crippen LogP contribution in [0, 0.1) is 0 Å². The number of aromatic nitrogens is 2. The minimum absolute atomic E-state index is 0.0214. The molecule has 0 aliphatic carbocycles. The second-order valence-corrected chi connectivity index (χ2v) is 3.95. The first-order chi connectivity index (χ1) is 7.52. The molecule has 1 atom stereocenters. The van der Waals surface area contributed by atoms with Crippen LogP contribution in [0.25, 0.3) is 0 Å². The summed E-state index contributed by atoms with van der Waals surface area (Å²) in [6, 6.07) is 0.849. The Morgan fingerprint density at radius 3 is 2.81 bits per heavy atom. The minimum Gasteiger partial charge on any atom is -0.320 e. The van der Waals surface area contributed by atoms with E-state index in [4.69, 9.17) is 28.9 Å². The van der Waals surface area contributed by atoms with Gasteiger partial charge in [0.05, 0.1) is 6.04 Å². The highest BCUT2D eigenvalue weighted by Gasteiger charge is 2.13. The van der Waals surface area contributed by atoms with Gasteiger partial charge in [0.2, 0.25) is 11.2 Å². The molecule has 1 aromatic heterocycles. The van der Waals surface area contributed by atoms with E-state index in [1.807, 2.05) is 6.92 Å². The van der Waals surface area contributed by atoms with Gasteiger partial charge < -0.3 is 11.1 Å². The standard InChI is InChI=1S/C9H12Cl2N4O/c1-2-3-5(12)8(16)14-7-4-6(10)13-9(11)15-7/h4-5H,2-3,12H2,1H3,(H,13,14,15,16)/t5-/m0/s1. The van der Waals surface area contributed by atoms with E-state index in [0.29, 0.717) is 6.42 Å². The summed E-state index contributed by atoms with van der Waals surface area (Å²) in [7, 11) is 0. The highest BCUT2D eigenvalue weighted by molar-refractivity contribution is 6.32. The van der Waals surface area contributed by atoms with E-state index in [1.54, 1.807) is 0 Å². The number of rotatable bonds is 4. The summed E-state index contributed by atoms with van der Waals surface area (Å²) in [4.78, 5) is 19.0. The zero-order valence-corrected chi connectivity index (χ0v) is 10.2. The van der Waals surface area contributed by atoms with Crippen LogP contribution >= 0.6 is 23.2 Å². The van der Waals surface area contributed by atoms with Crippen molar-refractivity contribution in [3.8, 4) is 0 Å². The van der Waals surface area contributed by atoms with Crippen LogP contribution in [0.2, 0.25) is 10.4 Å². The summed E-state index contributed by atoms with van der Waals surface area (Å²) in [6.45, 7) is 1.95. The van der Waals surface area contributed by atoms with Gasteiger partial charge >= 0.3 is 0 Å². The Labute approximate surface area is 103 Å². The van der Waals surface area contributed by atoms with Gasteiger partial charge in [-0.2, -0.15) is 0 Å². The highest BCUT2D eigenvalue weighted by Crippen LogP contribution is 2.14. The van der Waals surface area contributed by atoms with Crippen molar-refractivity contribution in [2.24, 2.45) is 5.73 Å². The maximum absolute atomic E-state index is 11.5. The predicted octanol–water partition coefficient (Wildman–Crippen LogP) is 1.85. The molecule has 1 amide bonds. The summed E-state index contributed by atoms with van der Waals surface area (Å²) >= 11 is 11.2. The van der Waals surface area contributed by atoms with Crippen LogP contribution in [0.4, 0.5) is 5.82 Å². The number of nitrogens with one attached hydrogen (secondary N) is 1. The molecule has 5 nitrogen and oxygen atoms in total. The van der Waals surface area contributed by atoms with Crippen molar-refractivity contribution in [3.05, 3.63) is 16.5 Å². The fraction of sp³-hybridized carbons (Fsp3) is 0.444. The molecule has 0 unspecified atom stereocenters. The fourth-order valence-corrected chi connectivity index (χ4v) is 1.52. The largest absolute Gasteiger partial charge is 0.320 e. The summed E-state index contributed by atoms with van der Waals surface area (Å²) in [6.07, 6.45) is 1.44. The Hall–Kier alpha value is -0.910. The normalized spacial score (nSPS) is 12.2. The number of amides is 1. The van der Waals surface area contributed by atoms with E-state index in [2.05, 4.69) is 15.3 Å². The molecule has 88 valence electrons. The van der Waals surface area contributed by atoms with E-state index in [1.165, 1.54) is 6.07 Å². The van der Waals surface area contributed by atoms with Crippen molar-refractivity contribution >= 4 is 34.9 Å². The number of hydrogen-bond acceptors (Lipinski definition) is 4. The number of carbonyl (C=O) groups excluding carboxylic acids is 1. The van der Waals surface area contributed by atoms with Gasteiger partial charge in [0, 0.05) is 6.07 Å². The zero-order valence-electron chi connectivity index (χ0n) is 8.70. The molecule has 1 heterocycles. The Kier molecular flexibility index (Phi) is 4.92. The Balaban J connectivity index is 2.69. The number of carbonyl (C=O) groups is 1. The van der Waals surface area contributed by atoms with Crippen molar-refractivity contribution in [1.82, 2.24) is 9.97 Å². The monoisotopic (exact) mass is 262 g/mol. The molecule has 16 heavy (non-hydrogen) atoms. The Bertz CT molecular complexity index is 366. The molecule has 0 saturated heterocycles. The molecule has 1 rings (SSSR count). The molecule has 0 aromatic carbocycles. The smallest absolute Gasteiger partial charge is 0.242 e. The average molecular weight is 263 g/mol. The molecular weight excluding hydrogens is 251 g/mol.